The molecule has 0 aromatic carbocycles. The lowest BCUT2D eigenvalue weighted by atomic mass is 10.4. The number of hydrogen-bond donors (Lipinski definition) is 2. The van der Waals surface area contributed by atoms with E-state index in [0.29, 0.717) is 12.5 Å². The van der Waals surface area contributed by atoms with E-state index in [1.165, 1.54) is 4.88 Å². The highest BCUT2D eigenvalue weighted by Crippen LogP contribution is 2.17. The molecule has 0 aliphatic rings. The zero-order valence-corrected chi connectivity index (χ0v) is 10.3. The first-order valence-corrected chi connectivity index (χ1v) is 5.91. The number of thiazole rings is 1. The topological polar surface area (TPSA) is 63.3 Å². The molecular weight excluding hydrogens is 208 g/mol. The largest absolute Gasteiger partial charge is 0.370 e. The first-order chi connectivity index (χ1) is 7.13. The maximum absolute atomic E-state index is 5.69. The Morgan fingerprint density at radius 1 is 1.53 bits per heavy atom. The predicted molar refractivity (Wildman–Crippen MR) is 65.2 cm³/mol. The van der Waals surface area contributed by atoms with Crippen LogP contribution in [0.5, 0.6) is 0 Å². The molecule has 0 radical (unpaired) electrons. The Bertz CT molecular complexity index is 343. The number of hydrogen-bond acceptors (Lipinski definition) is 3. The van der Waals surface area contributed by atoms with Crippen LogP contribution in [0, 0.1) is 13.8 Å². The minimum atomic E-state index is 0.516. The van der Waals surface area contributed by atoms with E-state index in [0.717, 1.165) is 23.7 Å². The second-order valence-corrected chi connectivity index (χ2v) is 4.66. The minimum absolute atomic E-state index is 0.516. The lowest BCUT2D eigenvalue weighted by Crippen LogP contribution is -2.32. The average molecular weight is 226 g/mol. The van der Waals surface area contributed by atoms with Crippen molar-refractivity contribution in [3.05, 3.63) is 15.6 Å². The van der Waals surface area contributed by atoms with Gasteiger partial charge in [-0.15, -0.1) is 11.3 Å². The average Bonchev–Trinajstić information content (AvgIpc) is 2.51. The number of nitrogens with zero attached hydrogens (tertiary/aromatic N) is 2. The van der Waals surface area contributed by atoms with Crippen LogP contribution in [0.3, 0.4) is 0 Å². The summed E-state index contributed by atoms with van der Waals surface area (Å²) in [4.78, 5) is 9.79. The Morgan fingerprint density at radius 3 is 2.80 bits per heavy atom. The number of aromatic nitrogens is 1. The maximum atomic E-state index is 5.69. The summed E-state index contributed by atoms with van der Waals surface area (Å²) in [6, 6.07) is 0. The Morgan fingerprint density at radius 2 is 2.27 bits per heavy atom. The highest BCUT2D eigenvalue weighted by Gasteiger charge is 2.03. The quantitative estimate of drug-likeness (QED) is 0.605. The van der Waals surface area contributed by atoms with Gasteiger partial charge in [-0.25, -0.2) is 9.98 Å². The number of aryl methyl sites for hydroxylation is 2. The summed E-state index contributed by atoms with van der Waals surface area (Å²) in [6.07, 6.45) is 1.05. The van der Waals surface area contributed by atoms with Crippen LogP contribution in [0.15, 0.2) is 4.99 Å². The third kappa shape index (κ3) is 3.87. The zero-order valence-electron chi connectivity index (χ0n) is 9.50. The van der Waals surface area contributed by atoms with Gasteiger partial charge in [0.05, 0.1) is 17.2 Å². The second-order valence-electron chi connectivity index (χ2n) is 3.37. The normalized spacial score (nSPS) is 11.8. The highest BCUT2D eigenvalue weighted by atomic mass is 32.1. The molecule has 1 aromatic heterocycles. The monoisotopic (exact) mass is 226 g/mol. The van der Waals surface area contributed by atoms with E-state index in [-0.39, 0.29) is 0 Å². The summed E-state index contributed by atoms with van der Waals surface area (Å²) in [6.45, 7) is 7.60. The fraction of sp³-hybridized carbons (Fsp3) is 0.600. The molecule has 3 N–H and O–H groups in total. The molecule has 1 aromatic rings. The van der Waals surface area contributed by atoms with Gasteiger partial charge in [0.25, 0.3) is 0 Å². The molecule has 0 fully saturated rings. The molecule has 1 rings (SSSR count). The summed E-state index contributed by atoms with van der Waals surface area (Å²) in [5, 5.41) is 4.12. The Labute approximate surface area is 94.6 Å². The molecule has 0 saturated heterocycles. The number of guanidine groups is 1. The lowest BCUT2D eigenvalue weighted by Gasteiger charge is -2.02. The third-order valence-electron chi connectivity index (χ3n) is 1.95. The van der Waals surface area contributed by atoms with Crippen molar-refractivity contribution in [1.29, 1.82) is 0 Å². The van der Waals surface area contributed by atoms with Crippen molar-refractivity contribution < 1.29 is 0 Å². The molecule has 0 saturated carbocycles. The summed E-state index contributed by atoms with van der Waals surface area (Å²) in [7, 11) is 0. The van der Waals surface area contributed by atoms with Crippen LogP contribution in [0.4, 0.5) is 0 Å². The number of nitrogens with two attached hydrogens (primary N) is 1. The molecule has 0 amide bonds. The van der Waals surface area contributed by atoms with Crippen LogP contribution in [0.1, 0.15) is 28.9 Å². The van der Waals surface area contributed by atoms with Crippen LogP contribution in [0.2, 0.25) is 0 Å². The van der Waals surface area contributed by atoms with E-state index in [2.05, 4.69) is 22.2 Å². The Hall–Kier alpha value is -1.10. The van der Waals surface area contributed by atoms with Crippen LogP contribution in [-0.2, 0) is 6.54 Å². The van der Waals surface area contributed by atoms with Gasteiger partial charge in [-0.3, -0.25) is 0 Å². The molecule has 4 nitrogen and oxygen atoms in total. The van der Waals surface area contributed by atoms with Crippen molar-refractivity contribution in [2.75, 3.05) is 6.54 Å². The number of aliphatic imine (C=N–C) groups is 1. The molecule has 5 heteroatoms. The van der Waals surface area contributed by atoms with Crippen molar-refractivity contribution in [1.82, 2.24) is 10.3 Å². The van der Waals surface area contributed by atoms with E-state index in [1.807, 2.05) is 13.8 Å². The van der Waals surface area contributed by atoms with Gasteiger partial charge in [0.1, 0.15) is 0 Å². The molecular formula is C10H18N4S. The SMILES string of the molecule is CCCNC(N)=NCc1sc(C)nc1C. The van der Waals surface area contributed by atoms with Gasteiger partial charge >= 0.3 is 0 Å². The molecule has 84 valence electrons. The number of rotatable bonds is 4. The van der Waals surface area contributed by atoms with E-state index in [9.17, 15) is 0 Å². The molecule has 1 heterocycles. The van der Waals surface area contributed by atoms with Gasteiger partial charge in [-0.2, -0.15) is 0 Å². The third-order valence-corrected chi connectivity index (χ3v) is 3.01. The van der Waals surface area contributed by atoms with Crippen LogP contribution in [0.25, 0.3) is 0 Å². The molecule has 15 heavy (non-hydrogen) atoms. The van der Waals surface area contributed by atoms with E-state index in [4.69, 9.17) is 5.73 Å². The van der Waals surface area contributed by atoms with Crippen molar-refractivity contribution >= 4 is 17.3 Å². The molecule has 0 bridgehead atoms. The van der Waals surface area contributed by atoms with Gasteiger partial charge < -0.3 is 11.1 Å². The molecule has 0 atom stereocenters. The van der Waals surface area contributed by atoms with Gasteiger partial charge in [0.2, 0.25) is 0 Å². The van der Waals surface area contributed by atoms with Crippen molar-refractivity contribution in [2.45, 2.75) is 33.7 Å². The summed E-state index contributed by atoms with van der Waals surface area (Å²) in [5.74, 6) is 0.516. The smallest absolute Gasteiger partial charge is 0.188 e. The predicted octanol–water partition coefficient (Wildman–Crippen LogP) is 1.57. The highest BCUT2D eigenvalue weighted by molar-refractivity contribution is 7.11. The van der Waals surface area contributed by atoms with Gasteiger partial charge in [0, 0.05) is 11.4 Å². The summed E-state index contributed by atoms with van der Waals surface area (Å²) in [5.41, 5.74) is 6.75. The van der Waals surface area contributed by atoms with Gasteiger partial charge in [-0.1, -0.05) is 6.92 Å². The molecule has 0 aliphatic heterocycles. The van der Waals surface area contributed by atoms with Gasteiger partial charge in [-0.05, 0) is 20.3 Å². The fourth-order valence-corrected chi connectivity index (χ4v) is 2.05. The van der Waals surface area contributed by atoms with E-state index in [1.54, 1.807) is 11.3 Å². The van der Waals surface area contributed by atoms with E-state index >= 15 is 0 Å². The minimum Gasteiger partial charge on any atom is -0.370 e. The fourth-order valence-electron chi connectivity index (χ4n) is 1.19. The number of nitrogens with one attached hydrogen (secondary N) is 1. The van der Waals surface area contributed by atoms with Gasteiger partial charge in [0.15, 0.2) is 5.96 Å². The van der Waals surface area contributed by atoms with Crippen molar-refractivity contribution in [3.8, 4) is 0 Å². The Balaban J connectivity index is 2.51. The van der Waals surface area contributed by atoms with Crippen molar-refractivity contribution in [3.63, 3.8) is 0 Å². The molecule has 0 aliphatic carbocycles. The first-order valence-electron chi connectivity index (χ1n) is 5.10. The molecule has 0 unspecified atom stereocenters. The summed E-state index contributed by atoms with van der Waals surface area (Å²) < 4.78 is 0. The molecule has 0 spiro atoms. The van der Waals surface area contributed by atoms with Crippen LogP contribution < -0.4 is 11.1 Å². The zero-order chi connectivity index (χ0) is 11.3. The summed E-state index contributed by atoms with van der Waals surface area (Å²) >= 11 is 1.68. The maximum Gasteiger partial charge on any atom is 0.188 e. The lowest BCUT2D eigenvalue weighted by molar-refractivity contribution is 0.826. The standard InChI is InChI=1S/C10H18N4S/c1-4-5-12-10(11)13-6-9-7(2)14-8(3)15-9/h4-6H2,1-3H3,(H3,11,12,13). The van der Waals surface area contributed by atoms with Crippen molar-refractivity contribution in [2.24, 2.45) is 10.7 Å². The van der Waals surface area contributed by atoms with Crippen LogP contribution in [-0.4, -0.2) is 17.5 Å². The Kier molecular flexibility index (Phi) is 4.55. The first kappa shape index (κ1) is 12.0. The second kappa shape index (κ2) is 5.70. The van der Waals surface area contributed by atoms with E-state index < -0.39 is 0 Å². The van der Waals surface area contributed by atoms with Crippen LogP contribution >= 0.6 is 11.3 Å².